The van der Waals surface area contributed by atoms with Gasteiger partial charge in [0, 0.05) is 38.9 Å². The predicted molar refractivity (Wildman–Crippen MR) is 248 cm³/mol. The monoisotopic (exact) mass is 795 g/mol. The second-order valence-electron chi connectivity index (χ2n) is 14.9. The van der Waals surface area contributed by atoms with Gasteiger partial charge >= 0.3 is 0 Å². The summed E-state index contributed by atoms with van der Waals surface area (Å²) >= 11 is 0. The summed E-state index contributed by atoms with van der Waals surface area (Å²) < 4.78 is 0. The molecule has 1 aliphatic carbocycles. The molecule has 62 heavy (non-hydrogen) atoms. The lowest BCUT2D eigenvalue weighted by molar-refractivity contribution is 0.978. The third-order valence-electron chi connectivity index (χ3n) is 10.9. The van der Waals surface area contributed by atoms with E-state index < -0.39 is 0 Å². The molecular weight excluding hydrogens is 759 g/mol. The number of nitrogens with zero attached hydrogens (tertiary/aromatic N) is 7. The van der Waals surface area contributed by atoms with Crippen LogP contribution in [0, 0.1) is 11.3 Å². The molecule has 0 saturated heterocycles. The zero-order valence-electron chi connectivity index (χ0n) is 33.6. The maximum atomic E-state index is 11.1. The molecule has 0 spiro atoms. The molecule has 7 aromatic carbocycles. The Bertz CT molecular complexity index is 3120. The lowest BCUT2D eigenvalue weighted by Gasteiger charge is -2.16. The first kappa shape index (κ1) is 37.8. The highest BCUT2D eigenvalue weighted by Crippen LogP contribution is 2.40. The highest BCUT2D eigenvalue weighted by molar-refractivity contribution is 5.91. The number of benzene rings is 7. The Morgan fingerprint density at radius 3 is 1.34 bits per heavy atom. The van der Waals surface area contributed by atoms with E-state index in [0.717, 1.165) is 79.6 Å². The summed E-state index contributed by atoms with van der Waals surface area (Å²) in [6.45, 7) is 0. The lowest BCUT2D eigenvalue weighted by Crippen LogP contribution is -2.04. The SMILES string of the molecule is N#Cc1c(-c2cc(-c3ccccc3)cc(-c3nc(C4=CC=CCC4)nc(-c4ccccc4)n3)c2)cccc1-c1ccccc1-c1nc(-c2ccccc2)nc(-c2ccccc2)n1. The first-order valence-corrected chi connectivity index (χ1v) is 20.6. The van der Waals surface area contributed by atoms with E-state index >= 15 is 0 Å². The minimum Gasteiger partial charge on any atom is -0.209 e. The molecule has 0 aliphatic heterocycles. The van der Waals surface area contributed by atoms with Gasteiger partial charge in [-0.3, -0.25) is 0 Å². The molecule has 0 amide bonds. The lowest BCUT2D eigenvalue weighted by atomic mass is 9.88. The van der Waals surface area contributed by atoms with Gasteiger partial charge in [-0.2, -0.15) is 5.26 Å². The quantitative estimate of drug-likeness (QED) is 0.143. The van der Waals surface area contributed by atoms with E-state index in [2.05, 4.69) is 54.6 Å². The molecule has 2 heterocycles. The second kappa shape index (κ2) is 17.0. The Kier molecular flexibility index (Phi) is 10.4. The van der Waals surface area contributed by atoms with Crippen LogP contribution in [0.25, 0.3) is 95.9 Å². The van der Waals surface area contributed by atoms with Crippen LogP contribution in [0.3, 0.4) is 0 Å². The van der Waals surface area contributed by atoms with E-state index in [1.165, 1.54) is 0 Å². The first-order valence-electron chi connectivity index (χ1n) is 20.6. The molecule has 7 nitrogen and oxygen atoms in total. The van der Waals surface area contributed by atoms with Gasteiger partial charge in [-0.1, -0.05) is 182 Å². The van der Waals surface area contributed by atoms with Crippen molar-refractivity contribution in [3.05, 3.63) is 212 Å². The van der Waals surface area contributed by atoms with Crippen LogP contribution in [0.5, 0.6) is 0 Å². The molecule has 10 rings (SSSR count). The molecule has 0 saturated carbocycles. The van der Waals surface area contributed by atoms with E-state index in [-0.39, 0.29) is 0 Å². The number of aromatic nitrogens is 6. The van der Waals surface area contributed by atoms with E-state index in [1.807, 2.05) is 152 Å². The largest absolute Gasteiger partial charge is 0.209 e. The molecule has 0 bridgehead atoms. The average molecular weight is 796 g/mol. The normalized spacial score (nSPS) is 12.1. The van der Waals surface area contributed by atoms with Crippen molar-refractivity contribution in [2.45, 2.75) is 12.8 Å². The van der Waals surface area contributed by atoms with Crippen molar-refractivity contribution in [3.8, 4) is 96.4 Å². The summed E-state index contributed by atoms with van der Waals surface area (Å²) in [5, 5.41) is 11.1. The van der Waals surface area contributed by atoms with Crippen molar-refractivity contribution in [2.75, 3.05) is 0 Å². The maximum absolute atomic E-state index is 11.1. The maximum Gasteiger partial charge on any atom is 0.164 e. The van der Waals surface area contributed by atoms with Gasteiger partial charge in [-0.05, 0) is 58.9 Å². The van der Waals surface area contributed by atoms with Gasteiger partial charge in [0.25, 0.3) is 0 Å². The third-order valence-corrected chi connectivity index (χ3v) is 10.9. The minimum atomic E-state index is 0.513. The van der Waals surface area contributed by atoms with Gasteiger partial charge in [-0.25, -0.2) is 29.9 Å². The molecule has 2 aromatic heterocycles. The van der Waals surface area contributed by atoms with E-state index in [1.54, 1.807) is 0 Å². The van der Waals surface area contributed by atoms with Crippen LogP contribution < -0.4 is 0 Å². The van der Waals surface area contributed by atoms with Crippen LogP contribution in [0.2, 0.25) is 0 Å². The van der Waals surface area contributed by atoms with Crippen molar-refractivity contribution in [1.82, 2.24) is 29.9 Å². The molecule has 0 atom stereocenters. The first-order chi connectivity index (χ1) is 30.7. The van der Waals surface area contributed by atoms with Crippen LogP contribution in [-0.4, -0.2) is 29.9 Å². The molecule has 0 radical (unpaired) electrons. The van der Waals surface area contributed by atoms with E-state index in [4.69, 9.17) is 29.9 Å². The summed E-state index contributed by atoms with van der Waals surface area (Å²) in [4.78, 5) is 30.2. The molecular formula is C55H37N7. The highest BCUT2D eigenvalue weighted by atomic mass is 15.0. The molecule has 1 aliphatic rings. The van der Waals surface area contributed by atoms with Gasteiger partial charge in [0.2, 0.25) is 0 Å². The summed E-state index contributed by atoms with van der Waals surface area (Å²) in [6, 6.07) is 63.1. The van der Waals surface area contributed by atoms with Crippen LogP contribution in [-0.2, 0) is 0 Å². The molecule has 0 fully saturated rings. The molecule has 0 N–H and O–H groups in total. The summed E-state index contributed by atoms with van der Waals surface area (Å²) in [7, 11) is 0. The van der Waals surface area contributed by atoms with E-state index in [0.29, 0.717) is 40.5 Å². The third kappa shape index (κ3) is 7.72. The summed E-state index contributed by atoms with van der Waals surface area (Å²) in [6.07, 6.45) is 8.08. The Balaban J connectivity index is 1.15. The highest BCUT2D eigenvalue weighted by Gasteiger charge is 2.21. The second-order valence-corrected chi connectivity index (χ2v) is 14.9. The standard InChI is InChI=1S/C55H37N7/c56-36-49-45(31-18-32-47(49)46-29-16-17-30-48(46)55-61-52(40-25-12-4-13-26-40)58-53(62-55)41-27-14-5-15-28-41)43-33-42(37-19-6-1-7-20-37)34-44(35-43)54-59-50(38-21-8-2-9-22-38)57-51(60-54)39-23-10-3-11-24-39/h1-10,12-23,25-35H,11,24H2. The van der Waals surface area contributed by atoms with Gasteiger partial charge < -0.3 is 0 Å². The van der Waals surface area contributed by atoms with Crippen molar-refractivity contribution in [3.63, 3.8) is 0 Å². The topological polar surface area (TPSA) is 101 Å². The Morgan fingerprint density at radius 2 is 0.790 bits per heavy atom. The molecule has 0 unspecified atom stereocenters. The summed E-state index contributed by atoms with van der Waals surface area (Å²) in [5.74, 6) is 3.47. The predicted octanol–water partition coefficient (Wildman–Crippen LogP) is 13.0. The van der Waals surface area contributed by atoms with Gasteiger partial charge in [0.05, 0.1) is 5.56 Å². The number of rotatable bonds is 9. The van der Waals surface area contributed by atoms with Crippen LogP contribution in [0.4, 0.5) is 0 Å². The number of hydrogen-bond donors (Lipinski definition) is 0. The minimum absolute atomic E-state index is 0.513. The Labute approximate surface area is 360 Å². The van der Waals surface area contributed by atoms with Crippen molar-refractivity contribution >= 4 is 5.57 Å². The smallest absolute Gasteiger partial charge is 0.164 e. The Morgan fingerprint density at radius 1 is 0.355 bits per heavy atom. The van der Waals surface area contributed by atoms with Gasteiger partial charge in [0.1, 0.15) is 6.07 Å². The van der Waals surface area contributed by atoms with Gasteiger partial charge in [-0.15, -0.1) is 0 Å². The zero-order chi connectivity index (χ0) is 41.7. The fourth-order valence-corrected chi connectivity index (χ4v) is 7.84. The molecule has 292 valence electrons. The zero-order valence-corrected chi connectivity index (χ0v) is 33.6. The number of hydrogen-bond acceptors (Lipinski definition) is 7. The fraction of sp³-hybridized carbons (Fsp3) is 0.0364. The molecule has 7 heteroatoms. The van der Waals surface area contributed by atoms with Crippen LogP contribution in [0.1, 0.15) is 24.2 Å². The number of allylic oxidation sites excluding steroid dienone is 4. The number of nitriles is 1. The van der Waals surface area contributed by atoms with Crippen molar-refractivity contribution in [2.24, 2.45) is 0 Å². The Hall–Kier alpha value is -8.47. The van der Waals surface area contributed by atoms with Crippen molar-refractivity contribution < 1.29 is 0 Å². The van der Waals surface area contributed by atoms with E-state index in [9.17, 15) is 5.26 Å². The average Bonchev–Trinajstić information content (AvgIpc) is 3.37. The fourth-order valence-electron chi connectivity index (χ4n) is 7.84. The van der Waals surface area contributed by atoms with Crippen molar-refractivity contribution in [1.29, 1.82) is 5.26 Å². The van der Waals surface area contributed by atoms with Crippen LogP contribution >= 0.6 is 0 Å². The van der Waals surface area contributed by atoms with Gasteiger partial charge in [0.15, 0.2) is 34.9 Å². The summed E-state index contributed by atoms with van der Waals surface area (Å²) in [5.41, 5.74) is 11.1. The molecule has 9 aromatic rings. The van der Waals surface area contributed by atoms with Crippen LogP contribution in [0.15, 0.2) is 200 Å².